The van der Waals surface area contributed by atoms with Crippen molar-refractivity contribution in [2.24, 2.45) is 11.1 Å². The van der Waals surface area contributed by atoms with Gasteiger partial charge in [-0.05, 0) is 12.3 Å². The number of hydrogen-bond acceptors (Lipinski definition) is 3. The summed E-state index contributed by atoms with van der Waals surface area (Å²) in [5, 5.41) is 19.0. The highest BCUT2D eigenvalue weighted by molar-refractivity contribution is 5.59. The fraction of sp³-hybridized carbons (Fsp3) is 0.667. The summed E-state index contributed by atoms with van der Waals surface area (Å²) in [6.07, 6.45) is 2.71. The van der Waals surface area contributed by atoms with E-state index in [9.17, 15) is 0 Å². The first-order valence-corrected chi connectivity index (χ1v) is 2.85. The van der Waals surface area contributed by atoms with Crippen molar-refractivity contribution in [2.75, 3.05) is 0 Å². The Morgan fingerprint density at radius 3 is 3.00 bits per heavy atom. The number of nitrogens with zero attached hydrogens (tertiary/aromatic N) is 2. The molecule has 9 heavy (non-hydrogen) atoms. The lowest BCUT2D eigenvalue weighted by Gasteiger charge is -1.96. The van der Waals surface area contributed by atoms with E-state index in [1.54, 1.807) is 0 Å². The maximum absolute atomic E-state index is 8.13. The van der Waals surface area contributed by atoms with Crippen LogP contribution in [0.5, 0.6) is 0 Å². The molecule has 0 aromatic rings. The summed E-state index contributed by atoms with van der Waals surface area (Å²) in [6.45, 7) is 1.90. The molecule has 0 aromatic heterocycles. The molecule has 0 heterocycles. The zero-order chi connectivity index (χ0) is 7.11. The molecule has 0 amide bonds. The van der Waals surface area contributed by atoms with Crippen LogP contribution in [0.1, 0.15) is 19.8 Å². The Morgan fingerprint density at radius 1 is 1.89 bits per heavy atom. The molecule has 1 atom stereocenters. The number of rotatable bonds is 3. The lowest BCUT2D eigenvalue weighted by atomic mass is 10.1. The van der Waals surface area contributed by atoms with Gasteiger partial charge in [0, 0.05) is 12.6 Å². The van der Waals surface area contributed by atoms with E-state index in [1.165, 1.54) is 6.21 Å². The monoisotopic (exact) mass is 126 g/mol. The largest absolute Gasteiger partial charge is 0.411 e. The molecule has 0 rings (SSSR count). The smallest absolute Gasteiger partial charge is 0.0621 e. The van der Waals surface area contributed by atoms with Gasteiger partial charge in [0.15, 0.2) is 0 Å². The highest BCUT2D eigenvalue weighted by Crippen LogP contribution is 2.00. The van der Waals surface area contributed by atoms with Gasteiger partial charge in [0.25, 0.3) is 0 Å². The van der Waals surface area contributed by atoms with Crippen molar-refractivity contribution in [1.29, 1.82) is 5.26 Å². The second-order valence-electron chi connectivity index (χ2n) is 1.94. The lowest BCUT2D eigenvalue weighted by Crippen LogP contribution is -1.94. The van der Waals surface area contributed by atoms with Gasteiger partial charge in [0.05, 0.1) is 6.07 Å². The van der Waals surface area contributed by atoms with Gasteiger partial charge in [0.1, 0.15) is 0 Å². The SMILES string of the molecule is CC(/C=N/O)CCC#N. The van der Waals surface area contributed by atoms with Crippen molar-refractivity contribution < 1.29 is 5.21 Å². The van der Waals surface area contributed by atoms with Crippen LogP contribution < -0.4 is 0 Å². The predicted octanol–water partition coefficient (Wildman–Crippen LogP) is 1.39. The molecular formula is C6H10N2O. The zero-order valence-electron chi connectivity index (χ0n) is 5.41. The molecular weight excluding hydrogens is 116 g/mol. The molecule has 50 valence electrons. The second-order valence-corrected chi connectivity index (χ2v) is 1.94. The molecule has 0 fully saturated rings. The summed E-state index contributed by atoms with van der Waals surface area (Å²) in [6, 6.07) is 2.01. The van der Waals surface area contributed by atoms with Gasteiger partial charge in [-0.15, -0.1) is 5.16 Å². The van der Waals surface area contributed by atoms with Crippen LogP contribution in [0.15, 0.2) is 5.16 Å². The minimum atomic E-state index is 0.203. The Labute approximate surface area is 54.6 Å². The minimum absolute atomic E-state index is 0.203. The topological polar surface area (TPSA) is 56.4 Å². The Morgan fingerprint density at radius 2 is 2.56 bits per heavy atom. The third-order valence-electron chi connectivity index (χ3n) is 1.03. The van der Waals surface area contributed by atoms with E-state index >= 15 is 0 Å². The second kappa shape index (κ2) is 5.10. The van der Waals surface area contributed by atoms with Gasteiger partial charge in [-0.1, -0.05) is 6.92 Å². The molecule has 0 radical (unpaired) electrons. The van der Waals surface area contributed by atoms with Gasteiger partial charge >= 0.3 is 0 Å². The van der Waals surface area contributed by atoms with Gasteiger partial charge in [0.2, 0.25) is 0 Å². The predicted molar refractivity (Wildman–Crippen MR) is 34.3 cm³/mol. The van der Waals surface area contributed by atoms with Crippen LogP contribution in [-0.4, -0.2) is 11.4 Å². The molecule has 0 saturated carbocycles. The zero-order valence-corrected chi connectivity index (χ0v) is 5.41. The van der Waals surface area contributed by atoms with Crippen LogP contribution in [0, 0.1) is 17.2 Å². The van der Waals surface area contributed by atoms with E-state index in [-0.39, 0.29) is 5.92 Å². The maximum atomic E-state index is 8.13. The molecule has 3 nitrogen and oxygen atoms in total. The summed E-state index contributed by atoms with van der Waals surface area (Å²) in [5.74, 6) is 0.203. The summed E-state index contributed by atoms with van der Waals surface area (Å²) < 4.78 is 0. The van der Waals surface area contributed by atoms with E-state index in [2.05, 4.69) is 5.16 Å². The van der Waals surface area contributed by atoms with Crippen molar-refractivity contribution in [3.8, 4) is 6.07 Å². The van der Waals surface area contributed by atoms with Crippen LogP contribution in [0.3, 0.4) is 0 Å². The first kappa shape index (κ1) is 7.96. The van der Waals surface area contributed by atoms with Crippen molar-refractivity contribution in [3.05, 3.63) is 0 Å². The van der Waals surface area contributed by atoms with E-state index in [0.29, 0.717) is 6.42 Å². The third kappa shape index (κ3) is 4.82. The van der Waals surface area contributed by atoms with Gasteiger partial charge in [-0.25, -0.2) is 0 Å². The van der Waals surface area contributed by atoms with Crippen molar-refractivity contribution in [3.63, 3.8) is 0 Å². The number of nitriles is 1. The van der Waals surface area contributed by atoms with Crippen molar-refractivity contribution in [1.82, 2.24) is 0 Å². The molecule has 3 heteroatoms. The summed E-state index contributed by atoms with van der Waals surface area (Å²) in [4.78, 5) is 0. The number of hydrogen-bond donors (Lipinski definition) is 1. The standard InChI is InChI=1S/C6H10N2O/c1-6(5-8-9)3-2-4-7/h5-6,9H,2-3H2,1H3/b8-5+. The Bertz CT molecular complexity index is 126. The fourth-order valence-corrected chi connectivity index (χ4v) is 0.481. The quantitative estimate of drug-likeness (QED) is 0.353. The normalized spacial score (nSPS) is 13.3. The van der Waals surface area contributed by atoms with Gasteiger partial charge < -0.3 is 5.21 Å². The Balaban J connectivity index is 3.29. The highest BCUT2D eigenvalue weighted by Gasteiger charge is 1.95. The maximum Gasteiger partial charge on any atom is 0.0621 e. The molecule has 0 aliphatic carbocycles. The van der Waals surface area contributed by atoms with E-state index < -0.39 is 0 Å². The summed E-state index contributed by atoms with van der Waals surface area (Å²) in [5.41, 5.74) is 0. The molecule has 0 aliphatic heterocycles. The fourth-order valence-electron chi connectivity index (χ4n) is 0.481. The van der Waals surface area contributed by atoms with E-state index in [0.717, 1.165) is 6.42 Å². The summed E-state index contributed by atoms with van der Waals surface area (Å²) >= 11 is 0. The molecule has 0 saturated heterocycles. The Kier molecular flexibility index (Phi) is 4.51. The molecule has 1 N–H and O–H groups in total. The average Bonchev–Trinajstić information content (AvgIpc) is 1.85. The van der Waals surface area contributed by atoms with Gasteiger partial charge in [-0.3, -0.25) is 0 Å². The van der Waals surface area contributed by atoms with Crippen LogP contribution >= 0.6 is 0 Å². The first-order valence-electron chi connectivity index (χ1n) is 2.85. The molecule has 0 aliphatic rings. The van der Waals surface area contributed by atoms with Crippen molar-refractivity contribution >= 4 is 6.21 Å². The van der Waals surface area contributed by atoms with Crippen molar-refractivity contribution in [2.45, 2.75) is 19.8 Å². The van der Waals surface area contributed by atoms with Gasteiger partial charge in [-0.2, -0.15) is 5.26 Å². The van der Waals surface area contributed by atoms with E-state index in [4.69, 9.17) is 10.5 Å². The highest BCUT2D eigenvalue weighted by atomic mass is 16.4. The van der Waals surface area contributed by atoms with Crippen LogP contribution in [0.2, 0.25) is 0 Å². The third-order valence-corrected chi connectivity index (χ3v) is 1.03. The van der Waals surface area contributed by atoms with Crippen LogP contribution in [0.25, 0.3) is 0 Å². The molecule has 0 spiro atoms. The molecule has 0 bridgehead atoms. The minimum Gasteiger partial charge on any atom is -0.411 e. The molecule has 0 aromatic carbocycles. The average molecular weight is 126 g/mol. The lowest BCUT2D eigenvalue weighted by molar-refractivity contribution is 0.318. The Hall–Kier alpha value is -1.04. The molecule has 1 unspecified atom stereocenters. The van der Waals surface area contributed by atoms with Crippen LogP contribution in [0.4, 0.5) is 0 Å². The van der Waals surface area contributed by atoms with E-state index in [1.807, 2.05) is 13.0 Å². The van der Waals surface area contributed by atoms with Crippen LogP contribution in [-0.2, 0) is 0 Å². The first-order chi connectivity index (χ1) is 4.31. The number of oxime groups is 1. The summed E-state index contributed by atoms with van der Waals surface area (Å²) in [7, 11) is 0.